The fourth-order valence-corrected chi connectivity index (χ4v) is 8.15. The van der Waals surface area contributed by atoms with E-state index in [0.717, 1.165) is 106 Å². The van der Waals surface area contributed by atoms with Gasteiger partial charge in [-0.05, 0) is 99.6 Å². The van der Waals surface area contributed by atoms with Crippen molar-refractivity contribution in [3.05, 3.63) is 207 Å². The highest BCUT2D eigenvalue weighted by atomic mass is 16.3. The van der Waals surface area contributed by atoms with E-state index in [9.17, 15) is 0 Å². The van der Waals surface area contributed by atoms with Gasteiger partial charge in [0.25, 0.3) is 0 Å². The number of hydrogen-bond donors (Lipinski definition) is 0. The van der Waals surface area contributed by atoms with Crippen molar-refractivity contribution >= 4 is 32.8 Å². The molecule has 0 saturated carbocycles. The minimum absolute atomic E-state index is 0.778. The first kappa shape index (κ1) is 34.2. The lowest BCUT2D eigenvalue weighted by molar-refractivity contribution is 0.669. The summed E-state index contributed by atoms with van der Waals surface area (Å²) in [5.41, 5.74) is 16.3. The second-order valence-corrected chi connectivity index (χ2v) is 14.6. The van der Waals surface area contributed by atoms with E-state index in [4.69, 9.17) is 14.4 Å². The number of hydrogen-bond acceptors (Lipinski definition) is 5. The molecule has 5 aromatic heterocycles. The number of nitrogens with zero attached hydrogens (tertiary/aromatic N) is 4. The van der Waals surface area contributed by atoms with Crippen LogP contribution in [0.5, 0.6) is 0 Å². The number of para-hydroxylation sites is 2. The van der Waals surface area contributed by atoms with Crippen LogP contribution in [0.3, 0.4) is 0 Å². The Kier molecular flexibility index (Phi) is 8.41. The van der Waals surface area contributed by atoms with E-state index in [1.165, 1.54) is 5.56 Å². The molecule has 11 rings (SSSR count). The van der Waals surface area contributed by atoms with E-state index in [1.807, 2.05) is 48.5 Å². The predicted octanol–water partition coefficient (Wildman–Crippen LogP) is 14.0. The maximum absolute atomic E-state index is 6.71. The van der Waals surface area contributed by atoms with Gasteiger partial charge in [0.05, 0.1) is 28.3 Å². The molecule has 0 spiro atoms. The average Bonchev–Trinajstić information content (AvgIpc) is 3.72. The van der Waals surface area contributed by atoms with Crippen LogP contribution < -0.4 is 0 Å². The fourth-order valence-electron chi connectivity index (χ4n) is 8.15. The van der Waals surface area contributed by atoms with Gasteiger partial charge < -0.3 is 4.42 Å². The molecule has 0 saturated heterocycles. The molecule has 5 nitrogen and oxygen atoms in total. The molecule has 276 valence electrons. The van der Waals surface area contributed by atoms with Gasteiger partial charge >= 0.3 is 0 Å². The molecule has 0 fully saturated rings. The third-order valence-electron chi connectivity index (χ3n) is 11.0. The summed E-state index contributed by atoms with van der Waals surface area (Å²) in [5, 5.41) is 3.20. The van der Waals surface area contributed by atoms with E-state index in [1.54, 1.807) is 12.4 Å². The Hall–Kier alpha value is -8.02. The Morgan fingerprint density at radius 2 is 0.864 bits per heavy atom. The quantitative estimate of drug-likeness (QED) is 0.162. The number of fused-ring (bicyclic) bond motifs is 5. The summed E-state index contributed by atoms with van der Waals surface area (Å²) < 4.78 is 6.71. The van der Waals surface area contributed by atoms with Crippen molar-refractivity contribution in [2.75, 3.05) is 0 Å². The van der Waals surface area contributed by atoms with Crippen molar-refractivity contribution in [2.45, 2.75) is 0 Å². The van der Waals surface area contributed by atoms with Gasteiger partial charge in [0, 0.05) is 39.7 Å². The summed E-state index contributed by atoms with van der Waals surface area (Å²) >= 11 is 0. The van der Waals surface area contributed by atoms with Crippen molar-refractivity contribution in [1.82, 2.24) is 19.9 Å². The minimum atomic E-state index is 0.778. The van der Waals surface area contributed by atoms with Crippen molar-refractivity contribution in [2.24, 2.45) is 0 Å². The summed E-state index contributed by atoms with van der Waals surface area (Å²) in [5.74, 6) is 0. The first-order chi connectivity index (χ1) is 29.2. The first-order valence-corrected chi connectivity index (χ1v) is 19.7. The summed E-state index contributed by atoms with van der Waals surface area (Å²) in [6.45, 7) is 0. The zero-order valence-electron chi connectivity index (χ0n) is 31.8. The van der Waals surface area contributed by atoms with Crippen molar-refractivity contribution in [1.29, 1.82) is 0 Å². The van der Waals surface area contributed by atoms with Crippen molar-refractivity contribution < 1.29 is 4.42 Å². The largest absolute Gasteiger partial charge is 0.454 e. The van der Waals surface area contributed by atoms with Gasteiger partial charge in [0.1, 0.15) is 11.3 Å². The highest BCUT2D eigenvalue weighted by Gasteiger charge is 2.20. The SMILES string of the molecule is c1ccc(-c2cccc(-c3cccc4c3nc(-c3cccc(-c5cccc(-c6cc(-c7ccccn7)nc(-c7ccccn7)c6)c5)c3)c3oc5ccccc5c34)c2)cc1. The molecule has 59 heavy (non-hydrogen) atoms. The van der Waals surface area contributed by atoms with Crippen molar-refractivity contribution in [3.63, 3.8) is 0 Å². The first-order valence-electron chi connectivity index (χ1n) is 19.7. The molecule has 0 unspecified atom stereocenters. The van der Waals surface area contributed by atoms with Gasteiger partial charge in [-0.2, -0.15) is 0 Å². The number of rotatable bonds is 7. The third kappa shape index (κ3) is 6.32. The van der Waals surface area contributed by atoms with Crippen LogP contribution in [0.1, 0.15) is 0 Å². The van der Waals surface area contributed by atoms with E-state index >= 15 is 0 Å². The van der Waals surface area contributed by atoms with E-state index < -0.39 is 0 Å². The van der Waals surface area contributed by atoms with Crippen LogP contribution in [0.15, 0.2) is 211 Å². The van der Waals surface area contributed by atoms with Gasteiger partial charge in [-0.3, -0.25) is 9.97 Å². The maximum atomic E-state index is 6.71. The molecule has 0 radical (unpaired) electrons. The van der Waals surface area contributed by atoms with Crippen LogP contribution in [-0.4, -0.2) is 19.9 Å². The lowest BCUT2D eigenvalue weighted by Gasteiger charge is -2.13. The molecule has 0 aliphatic heterocycles. The van der Waals surface area contributed by atoms with Crippen LogP contribution in [0.2, 0.25) is 0 Å². The van der Waals surface area contributed by atoms with E-state index in [2.05, 4.69) is 156 Å². The fraction of sp³-hybridized carbons (Fsp3) is 0. The Morgan fingerprint density at radius 3 is 1.56 bits per heavy atom. The van der Waals surface area contributed by atoms with E-state index in [0.29, 0.717) is 0 Å². The number of pyridine rings is 4. The molecule has 0 N–H and O–H groups in total. The normalized spacial score (nSPS) is 11.4. The topological polar surface area (TPSA) is 64.7 Å². The molecule has 0 aliphatic carbocycles. The van der Waals surface area contributed by atoms with Crippen molar-refractivity contribution in [3.8, 4) is 78.5 Å². The lowest BCUT2D eigenvalue weighted by atomic mass is 9.94. The molecule has 0 aliphatic rings. The Morgan fingerprint density at radius 1 is 0.339 bits per heavy atom. The lowest BCUT2D eigenvalue weighted by Crippen LogP contribution is -1.94. The van der Waals surface area contributed by atoms with E-state index in [-0.39, 0.29) is 0 Å². The third-order valence-corrected chi connectivity index (χ3v) is 11.0. The standard InChI is InChI=1S/C54H34N4O/c1-2-14-35(15-3-1)36-16-11-20-40(31-36)43-23-13-24-45-51-44-22-4-5-27-50(44)59-54(51)52(58-53(43)45)41-21-12-18-38(32-41)37-17-10-19-39(30-37)42-33-48(46-25-6-8-28-55-46)57-49(34-42)47-26-7-9-29-56-47/h1-34H. The second-order valence-electron chi connectivity index (χ2n) is 14.6. The zero-order valence-corrected chi connectivity index (χ0v) is 31.8. The van der Waals surface area contributed by atoms with Crippen LogP contribution in [-0.2, 0) is 0 Å². The van der Waals surface area contributed by atoms with Gasteiger partial charge in [0.2, 0.25) is 0 Å². The van der Waals surface area contributed by atoms with Gasteiger partial charge in [-0.15, -0.1) is 0 Å². The van der Waals surface area contributed by atoms with Gasteiger partial charge in [0.15, 0.2) is 5.58 Å². The summed E-state index contributed by atoms with van der Waals surface area (Å²) in [6, 6.07) is 67.3. The van der Waals surface area contributed by atoms with Crippen LogP contribution in [0.25, 0.3) is 111 Å². The number of aromatic nitrogens is 4. The molecule has 5 heterocycles. The predicted molar refractivity (Wildman–Crippen MR) is 240 cm³/mol. The van der Waals surface area contributed by atoms with Gasteiger partial charge in [-0.25, -0.2) is 9.97 Å². The monoisotopic (exact) mass is 754 g/mol. The van der Waals surface area contributed by atoms with Crippen LogP contribution in [0, 0.1) is 0 Å². The highest BCUT2D eigenvalue weighted by Crippen LogP contribution is 2.43. The molecule has 6 aromatic carbocycles. The summed E-state index contributed by atoms with van der Waals surface area (Å²) in [7, 11) is 0. The summed E-state index contributed by atoms with van der Waals surface area (Å²) in [4.78, 5) is 19.7. The molecule has 0 amide bonds. The van der Waals surface area contributed by atoms with Crippen LogP contribution in [0.4, 0.5) is 0 Å². The smallest absolute Gasteiger partial charge is 0.162 e. The zero-order chi connectivity index (χ0) is 39.1. The maximum Gasteiger partial charge on any atom is 0.162 e. The van der Waals surface area contributed by atoms with Crippen LogP contribution >= 0.6 is 0 Å². The number of furan rings is 1. The molecular weight excluding hydrogens is 721 g/mol. The summed E-state index contributed by atoms with van der Waals surface area (Å²) in [6.07, 6.45) is 3.59. The Bertz CT molecular complexity index is 3270. The average molecular weight is 755 g/mol. The molecule has 5 heteroatoms. The second kappa shape index (κ2) is 14.5. The number of benzene rings is 6. The van der Waals surface area contributed by atoms with Gasteiger partial charge in [-0.1, -0.05) is 133 Å². The molecule has 11 aromatic rings. The minimum Gasteiger partial charge on any atom is -0.454 e. The molecule has 0 atom stereocenters. The highest BCUT2D eigenvalue weighted by molar-refractivity contribution is 6.22. The molecular formula is C54H34N4O. The Balaban J connectivity index is 1.06. The Labute approximate surface area is 341 Å². The molecule has 0 bridgehead atoms.